The predicted molar refractivity (Wildman–Crippen MR) is 95.5 cm³/mol. The molecule has 0 spiro atoms. The van der Waals surface area contributed by atoms with E-state index in [2.05, 4.69) is 27.5 Å². The monoisotopic (exact) mass is 318 g/mol. The number of carbonyl (C=O) groups excluding carboxylic acids is 1. The molecule has 0 radical (unpaired) electrons. The van der Waals surface area contributed by atoms with E-state index in [1.807, 2.05) is 54.6 Å². The summed E-state index contributed by atoms with van der Waals surface area (Å²) in [5, 5.41) is 6.00. The van der Waals surface area contributed by atoms with Crippen LogP contribution in [0, 0.1) is 0 Å². The van der Waals surface area contributed by atoms with Crippen LogP contribution in [-0.4, -0.2) is 15.9 Å². The van der Waals surface area contributed by atoms with Crippen LogP contribution in [0.3, 0.4) is 0 Å². The van der Waals surface area contributed by atoms with E-state index < -0.39 is 0 Å². The van der Waals surface area contributed by atoms with Crippen LogP contribution >= 0.6 is 0 Å². The average molecular weight is 318 g/mol. The topological polar surface area (TPSA) is 66.9 Å². The van der Waals surface area contributed by atoms with Gasteiger partial charge in [-0.05, 0) is 36.2 Å². The molecule has 5 heteroatoms. The summed E-state index contributed by atoms with van der Waals surface area (Å²) in [6.45, 7) is 2.09. The summed E-state index contributed by atoms with van der Waals surface area (Å²) in [5.74, 6) is 0.132. The predicted octanol–water partition coefficient (Wildman–Crippen LogP) is 4.03. The number of hydrogen-bond acceptors (Lipinski definition) is 4. The van der Waals surface area contributed by atoms with E-state index in [0.29, 0.717) is 11.6 Å². The summed E-state index contributed by atoms with van der Waals surface area (Å²) in [5.41, 5.74) is 3.15. The molecule has 1 amide bonds. The van der Waals surface area contributed by atoms with E-state index in [1.54, 1.807) is 12.3 Å². The van der Waals surface area contributed by atoms with Gasteiger partial charge >= 0.3 is 0 Å². The van der Waals surface area contributed by atoms with Gasteiger partial charge in [-0.3, -0.25) is 4.79 Å². The molecule has 0 unspecified atom stereocenters. The number of aromatic nitrogens is 2. The lowest BCUT2D eigenvalue weighted by molar-refractivity contribution is 0.102. The third kappa shape index (κ3) is 3.76. The molecule has 1 heterocycles. The third-order valence-electron chi connectivity index (χ3n) is 3.56. The molecule has 0 bridgehead atoms. The second kappa shape index (κ2) is 7.37. The summed E-state index contributed by atoms with van der Waals surface area (Å²) in [4.78, 5) is 20.8. The lowest BCUT2D eigenvalue weighted by atomic mass is 10.1. The first-order valence-electron chi connectivity index (χ1n) is 7.80. The number of amides is 1. The SMILES string of the molecule is CCc1ccccc1Nc1nccc(C(=O)Nc2ccccc2)n1. The lowest BCUT2D eigenvalue weighted by Gasteiger charge is -2.10. The highest BCUT2D eigenvalue weighted by atomic mass is 16.1. The quantitative estimate of drug-likeness (QED) is 0.745. The molecule has 0 saturated heterocycles. The minimum absolute atomic E-state index is 0.268. The minimum atomic E-state index is -0.268. The van der Waals surface area contributed by atoms with Gasteiger partial charge in [0.1, 0.15) is 5.69 Å². The highest BCUT2D eigenvalue weighted by molar-refractivity contribution is 6.02. The van der Waals surface area contributed by atoms with Crippen LogP contribution in [-0.2, 0) is 6.42 Å². The third-order valence-corrected chi connectivity index (χ3v) is 3.56. The first-order chi connectivity index (χ1) is 11.8. The van der Waals surface area contributed by atoms with Crippen molar-refractivity contribution in [1.82, 2.24) is 9.97 Å². The van der Waals surface area contributed by atoms with Crippen molar-refractivity contribution in [3.8, 4) is 0 Å². The molecule has 0 aliphatic carbocycles. The molecule has 0 fully saturated rings. The number of hydrogen-bond donors (Lipinski definition) is 2. The lowest BCUT2D eigenvalue weighted by Crippen LogP contribution is -2.14. The fourth-order valence-electron chi connectivity index (χ4n) is 2.33. The molecule has 0 atom stereocenters. The molecular weight excluding hydrogens is 300 g/mol. The Morgan fingerprint density at radius 3 is 2.54 bits per heavy atom. The Labute approximate surface area is 140 Å². The summed E-state index contributed by atoms with van der Waals surface area (Å²) in [7, 11) is 0. The van der Waals surface area contributed by atoms with Crippen molar-refractivity contribution in [2.75, 3.05) is 10.6 Å². The van der Waals surface area contributed by atoms with Crippen LogP contribution in [0.1, 0.15) is 23.0 Å². The van der Waals surface area contributed by atoms with E-state index in [9.17, 15) is 4.79 Å². The van der Waals surface area contributed by atoms with Crippen molar-refractivity contribution >= 4 is 23.2 Å². The molecular formula is C19H18N4O. The highest BCUT2D eigenvalue weighted by Gasteiger charge is 2.10. The molecule has 2 aromatic carbocycles. The van der Waals surface area contributed by atoms with E-state index in [1.165, 1.54) is 5.56 Å². The van der Waals surface area contributed by atoms with E-state index in [4.69, 9.17) is 0 Å². The summed E-state index contributed by atoms with van der Waals surface area (Å²) in [6, 6.07) is 18.8. The normalized spacial score (nSPS) is 10.2. The second-order valence-electron chi connectivity index (χ2n) is 5.22. The van der Waals surface area contributed by atoms with Crippen molar-refractivity contribution in [3.05, 3.63) is 78.1 Å². The number of nitrogens with one attached hydrogen (secondary N) is 2. The van der Waals surface area contributed by atoms with Gasteiger partial charge in [-0.1, -0.05) is 43.3 Å². The molecule has 5 nitrogen and oxygen atoms in total. The van der Waals surface area contributed by atoms with Crippen molar-refractivity contribution in [1.29, 1.82) is 0 Å². The average Bonchev–Trinajstić information content (AvgIpc) is 2.63. The summed E-state index contributed by atoms with van der Waals surface area (Å²) < 4.78 is 0. The Morgan fingerprint density at radius 2 is 1.75 bits per heavy atom. The van der Waals surface area contributed by atoms with E-state index in [-0.39, 0.29) is 5.91 Å². The molecule has 0 aliphatic rings. The van der Waals surface area contributed by atoms with Crippen LogP contribution in [0.15, 0.2) is 66.9 Å². The number of aryl methyl sites for hydroxylation is 1. The van der Waals surface area contributed by atoms with Gasteiger partial charge in [0.15, 0.2) is 0 Å². The van der Waals surface area contributed by atoms with Crippen LogP contribution in [0.5, 0.6) is 0 Å². The van der Waals surface area contributed by atoms with Gasteiger partial charge in [0.25, 0.3) is 5.91 Å². The maximum Gasteiger partial charge on any atom is 0.274 e. The van der Waals surface area contributed by atoms with Crippen molar-refractivity contribution < 1.29 is 4.79 Å². The first kappa shape index (κ1) is 15.7. The molecule has 3 aromatic rings. The molecule has 3 rings (SSSR count). The number of carbonyl (C=O) groups is 1. The van der Waals surface area contributed by atoms with Crippen LogP contribution in [0.2, 0.25) is 0 Å². The number of nitrogens with zero attached hydrogens (tertiary/aromatic N) is 2. The number of benzene rings is 2. The van der Waals surface area contributed by atoms with Gasteiger partial charge in [-0.2, -0.15) is 0 Å². The van der Waals surface area contributed by atoms with Gasteiger partial charge in [-0.25, -0.2) is 9.97 Å². The van der Waals surface area contributed by atoms with E-state index >= 15 is 0 Å². The maximum absolute atomic E-state index is 12.3. The van der Waals surface area contributed by atoms with Gasteiger partial charge in [0.2, 0.25) is 5.95 Å². The highest BCUT2D eigenvalue weighted by Crippen LogP contribution is 2.19. The largest absolute Gasteiger partial charge is 0.324 e. The van der Waals surface area contributed by atoms with Gasteiger partial charge in [-0.15, -0.1) is 0 Å². The van der Waals surface area contributed by atoms with Crippen molar-refractivity contribution in [2.45, 2.75) is 13.3 Å². The van der Waals surface area contributed by atoms with Crippen molar-refractivity contribution in [3.63, 3.8) is 0 Å². The molecule has 24 heavy (non-hydrogen) atoms. The fraction of sp³-hybridized carbons (Fsp3) is 0.105. The molecule has 0 saturated carbocycles. The van der Waals surface area contributed by atoms with Crippen LogP contribution < -0.4 is 10.6 Å². The van der Waals surface area contributed by atoms with Gasteiger partial charge in [0, 0.05) is 17.6 Å². The molecule has 2 N–H and O–H groups in total. The molecule has 1 aromatic heterocycles. The minimum Gasteiger partial charge on any atom is -0.324 e. The Morgan fingerprint density at radius 1 is 1.00 bits per heavy atom. The Hall–Kier alpha value is -3.21. The van der Waals surface area contributed by atoms with Crippen LogP contribution in [0.25, 0.3) is 0 Å². The number of rotatable bonds is 5. The van der Waals surface area contributed by atoms with Gasteiger partial charge in [0.05, 0.1) is 0 Å². The molecule has 120 valence electrons. The summed E-state index contributed by atoms with van der Waals surface area (Å²) in [6.07, 6.45) is 2.47. The zero-order valence-electron chi connectivity index (χ0n) is 13.4. The summed E-state index contributed by atoms with van der Waals surface area (Å²) >= 11 is 0. The Bertz CT molecular complexity index is 834. The van der Waals surface area contributed by atoms with Crippen LogP contribution in [0.4, 0.5) is 17.3 Å². The maximum atomic E-state index is 12.3. The standard InChI is InChI=1S/C19H18N4O/c1-2-14-8-6-7-11-16(14)22-19-20-13-12-17(23-19)18(24)21-15-9-4-3-5-10-15/h3-13H,2H2,1H3,(H,21,24)(H,20,22,23). The van der Waals surface area contributed by atoms with Gasteiger partial charge < -0.3 is 10.6 Å². The Kier molecular flexibility index (Phi) is 4.81. The van der Waals surface area contributed by atoms with E-state index in [0.717, 1.165) is 17.8 Å². The zero-order valence-corrected chi connectivity index (χ0v) is 13.4. The smallest absolute Gasteiger partial charge is 0.274 e. The second-order valence-corrected chi connectivity index (χ2v) is 5.22. The zero-order chi connectivity index (χ0) is 16.8. The molecule has 0 aliphatic heterocycles. The number of para-hydroxylation sites is 2. The number of anilines is 3. The fourth-order valence-corrected chi connectivity index (χ4v) is 2.33. The van der Waals surface area contributed by atoms with Crippen molar-refractivity contribution in [2.24, 2.45) is 0 Å². The first-order valence-corrected chi connectivity index (χ1v) is 7.80. The Balaban J connectivity index is 1.78.